The first-order chi connectivity index (χ1) is 14.6. The number of ether oxygens (including phenoxy) is 1. The second-order valence-electron chi connectivity index (χ2n) is 7.35. The van der Waals surface area contributed by atoms with Gasteiger partial charge in [0.15, 0.2) is 0 Å². The van der Waals surface area contributed by atoms with Crippen LogP contribution in [-0.2, 0) is 16.4 Å². The van der Waals surface area contributed by atoms with Gasteiger partial charge in [-0.3, -0.25) is 0 Å². The molecule has 0 saturated heterocycles. The summed E-state index contributed by atoms with van der Waals surface area (Å²) >= 11 is 0. The standard InChI is InChI=1S/C25H29NO3S/c1-21(12-10-11-19-26-20-22-13-4-2-5-14-22)29-24-17-8-9-18-25(24)30(27,28)23-15-6-3-7-16-23/h2-9,13-18,21,26H,10-12,19-20H2,1H3. The normalized spacial score (nSPS) is 12.4. The van der Waals surface area contributed by atoms with Gasteiger partial charge in [-0.25, -0.2) is 8.42 Å². The molecule has 4 nitrogen and oxygen atoms in total. The van der Waals surface area contributed by atoms with Crippen LogP contribution in [0.25, 0.3) is 0 Å². The Morgan fingerprint density at radius 2 is 1.47 bits per heavy atom. The highest BCUT2D eigenvalue weighted by molar-refractivity contribution is 7.91. The van der Waals surface area contributed by atoms with Gasteiger partial charge in [-0.15, -0.1) is 0 Å². The highest BCUT2D eigenvalue weighted by atomic mass is 32.2. The molecule has 0 fully saturated rings. The third-order valence-electron chi connectivity index (χ3n) is 4.91. The zero-order valence-corrected chi connectivity index (χ0v) is 18.1. The summed E-state index contributed by atoms with van der Waals surface area (Å²) in [6, 6.07) is 25.7. The molecule has 5 heteroatoms. The van der Waals surface area contributed by atoms with E-state index in [4.69, 9.17) is 4.74 Å². The van der Waals surface area contributed by atoms with Crippen LogP contribution in [0, 0.1) is 0 Å². The minimum atomic E-state index is -3.61. The van der Waals surface area contributed by atoms with E-state index in [1.165, 1.54) is 5.56 Å². The molecule has 0 aliphatic rings. The topological polar surface area (TPSA) is 55.4 Å². The number of nitrogens with one attached hydrogen (secondary N) is 1. The quantitative estimate of drug-likeness (QED) is 0.428. The molecule has 0 saturated carbocycles. The van der Waals surface area contributed by atoms with E-state index in [1.807, 2.05) is 25.1 Å². The summed E-state index contributed by atoms with van der Waals surface area (Å²) in [7, 11) is -3.61. The number of sulfone groups is 1. The fourth-order valence-electron chi connectivity index (χ4n) is 3.28. The number of benzene rings is 3. The summed E-state index contributed by atoms with van der Waals surface area (Å²) in [5.74, 6) is 0.413. The molecule has 1 N–H and O–H groups in total. The summed E-state index contributed by atoms with van der Waals surface area (Å²) < 4.78 is 32.0. The average molecular weight is 424 g/mol. The van der Waals surface area contributed by atoms with Crippen LogP contribution >= 0.6 is 0 Å². The fourth-order valence-corrected chi connectivity index (χ4v) is 4.69. The summed E-state index contributed by atoms with van der Waals surface area (Å²) in [5.41, 5.74) is 1.28. The largest absolute Gasteiger partial charge is 0.489 e. The molecular weight excluding hydrogens is 394 g/mol. The van der Waals surface area contributed by atoms with Crippen molar-refractivity contribution in [3.05, 3.63) is 90.5 Å². The van der Waals surface area contributed by atoms with Gasteiger partial charge in [-0.1, -0.05) is 60.7 Å². The van der Waals surface area contributed by atoms with Crippen LogP contribution in [-0.4, -0.2) is 21.1 Å². The number of para-hydroxylation sites is 1. The highest BCUT2D eigenvalue weighted by Gasteiger charge is 2.22. The van der Waals surface area contributed by atoms with E-state index in [-0.39, 0.29) is 15.9 Å². The Morgan fingerprint density at radius 1 is 0.833 bits per heavy atom. The Bertz CT molecular complexity index is 1000. The van der Waals surface area contributed by atoms with Crippen LogP contribution in [0.15, 0.2) is 94.7 Å². The van der Waals surface area contributed by atoms with Gasteiger partial charge in [0.1, 0.15) is 10.6 Å². The zero-order valence-electron chi connectivity index (χ0n) is 17.3. The molecular formula is C25H29NO3S. The molecule has 0 aromatic heterocycles. The summed E-state index contributed by atoms with van der Waals surface area (Å²) in [4.78, 5) is 0.491. The number of hydrogen-bond donors (Lipinski definition) is 1. The molecule has 3 aromatic rings. The van der Waals surface area contributed by atoms with Crippen LogP contribution in [0.5, 0.6) is 5.75 Å². The van der Waals surface area contributed by atoms with Crippen LogP contribution in [0.4, 0.5) is 0 Å². The average Bonchev–Trinajstić information content (AvgIpc) is 2.78. The Labute approximate surface area is 179 Å². The van der Waals surface area contributed by atoms with Gasteiger partial charge in [0.25, 0.3) is 0 Å². The maximum atomic E-state index is 13.0. The minimum Gasteiger partial charge on any atom is -0.489 e. The van der Waals surface area contributed by atoms with E-state index in [0.29, 0.717) is 5.75 Å². The molecule has 3 rings (SSSR count). The fraction of sp³-hybridized carbons (Fsp3) is 0.280. The van der Waals surface area contributed by atoms with Crippen molar-refractivity contribution in [2.75, 3.05) is 6.54 Å². The molecule has 0 amide bonds. The Balaban J connectivity index is 1.49. The van der Waals surface area contributed by atoms with Gasteiger partial charge in [-0.2, -0.15) is 0 Å². The number of hydrogen-bond acceptors (Lipinski definition) is 4. The summed E-state index contributed by atoms with van der Waals surface area (Å²) in [5, 5.41) is 3.45. The number of unbranched alkanes of at least 4 members (excludes halogenated alkanes) is 1. The van der Waals surface area contributed by atoms with E-state index in [9.17, 15) is 8.42 Å². The molecule has 0 aliphatic carbocycles. The zero-order chi connectivity index (χ0) is 21.2. The first kappa shape index (κ1) is 22.1. The first-order valence-corrected chi connectivity index (χ1v) is 11.9. The molecule has 158 valence electrons. The van der Waals surface area contributed by atoms with Crippen molar-refractivity contribution in [1.29, 1.82) is 0 Å². The maximum absolute atomic E-state index is 13.0. The van der Waals surface area contributed by atoms with Crippen molar-refractivity contribution in [3.63, 3.8) is 0 Å². The van der Waals surface area contributed by atoms with Crippen LogP contribution in [0.2, 0.25) is 0 Å². The lowest BCUT2D eigenvalue weighted by atomic mass is 10.1. The molecule has 0 heterocycles. The van der Waals surface area contributed by atoms with Crippen LogP contribution < -0.4 is 10.1 Å². The van der Waals surface area contributed by atoms with E-state index < -0.39 is 9.84 Å². The lowest BCUT2D eigenvalue weighted by molar-refractivity contribution is 0.201. The highest BCUT2D eigenvalue weighted by Crippen LogP contribution is 2.30. The van der Waals surface area contributed by atoms with Crippen LogP contribution in [0.1, 0.15) is 31.7 Å². The smallest absolute Gasteiger partial charge is 0.210 e. The SMILES string of the molecule is CC(CCCCNCc1ccccc1)Oc1ccccc1S(=O)(=O)c1ccccc1. The van der Waals surface area contributed by atoms with Gasteiger partial charge in [0.2, 0.25) is 9.84 Å². The van der Waals surface area contributed by atoms with E-state index in [1.54, 1.807) is 54.6 Å². The van der Waals surface area contributed by atoms with E-state index in [0.717, 1.165) is 32.4 Å². The van der Waals surface area contributed by atoms with Crippen molar-refractivity contribution < 1.29 is 13.2 Å². The first-order valence-electron chi connectivity index (χ1n) is 10.4. The summed E-state index contributed by atoms with van der Waals surface area (Å²) in [6.07, 6.45) is 2.86. The molecule has 1 unspecified atom stereocenters. The van der Waals surface area contributed by atoms with E-state index in [2.05, 4.69) is 17.4 Å². The molecule has 1 atom stereocenters. The van der Waals surface area contributed by atoms with Crippen molar-refractivity contribution in [2.24, 2.45) is 0 Å². The minimum absolute atomic E-state index is 0.0637. The predicted molar refractivity (Wildman–Crippen MR) is 120 cm³/mol. The molecule has 0 spiro atoms. The van der Waals surface area contributed by atoms with Crippen molar-refractivity contribution in [1.82, 2.24) is 5.32 Å². The predicted octanol–water partition coefficient (Wildman–Crippen LogP) is 5.25. The molecule has 0 bridgehead atoms. The van der Waals surface area contributed by atoms with Crippen molar-refractivity contribution >= 4 is 9.84 Å². The van der Waals surface area contributed by atoms with E-state index >= 15 is 0 Å². The molecule has 0 aliphatic heterocycles. The number of rotatable bonds is 11. The van der Waals surface area contributed by atoms with Crippen LogP contribution in [0.3, 0.4) is 0 Å². The monoisotopic (exact) mass is 423 g/mol. The van der Waals surface area contributed by atoms with Gasteiger partial charge < -0.3 is 10.1 Å². The molecule has 30 heavy (non-hydrogen) atoms. The third kappa shape index (κ3) is 6.18. The second-order valence-corrected chi connectivity index (χ2v) is 9.27. The third-order valence-corrected chi connectivity index (χ3v) is 6.72. The lowest BCUT2D eigenvalue weighted by Gasteiger charge is -2.17. The molecule has 0 radical (unpaired) electrons. The Hall–Kier alpha value is -2.63. The summed E-state index contributed by atoms with van der Waals surface area (Å²) in [6.45, 7) is 3.81. The second kappa shape index (κ2) is 11.0. The molecule has 3 aromatic carbocycles. The van der Waals surface area contributed by atoms with Gasteiger partial charge in [-0.05, 0) is 62.6 Å². The van der Waals surface area contributed by atoms with Crippen molar-refractivity contribution in [3.8, 4) is 5.75 Å². The Morgan fingerprint density at radius 3 is 2.20 bits per heavy atom. The lowest BCUT2D eigenvalue weighted by Crippen LogP contribution is -2.17. The maximum Gasteiger partial charge on any atom is 0.210 e. The van der Waals surface area contributed by atoms with Gasteiger partial charge >= 0.3 is 0 Å². The van der Waals surface area contributed by atoms with Gasteiger partial charge in [0.05, 0.1) is 11.0 Å². The van der Waals surface area contributed by atoms with Crippen molar-refractivity contribution in [2.45, 2.75) is 48.6 Å². The van der Waals surface area contributed by atoms with Gasteiger partial charge in [0, 0.05) is 6.54 Å². The Kier molecular flexibility index (Phi) is 8.05.